The molecule has 0 saturated carbocycles. The molecule has 0 bridgehead atoms. The molecule has 0 spiro atoms. The Bertz CT molecular complexity index is 1330. The number of esters is 3. The second-order valence-corrected chi connectivity index (χ2v) is 14.6. The van der Waals surface area contributed by atoms with Gasteiger partial charge >= 0.3 is 30.0 Å². The SMILES string of the molecule is CC(C)(C)OC(=O)CCC(NC(=O)C(CCC(=O)OC(C)(C)C)NC(=O)C(CCC(=O)OC(C)(C)C)NC(=O)OCc1ccccc1)C(=O)O. The summed E-state index contributed by atoms with van der Waals surface area (Å²) in [6, 6.07) is 4.29. The first kappa shape index (κ1) is 43.3. The summed E-state index contributed by atoms with van der Waals surface area (Å²) in [4.78, 5) is 89.0. The Morgan fingerprint density at radius 3 is 1.32 bits per heavy atom. The van der Waals surface area contributed by atoms with Gasteiger partial charge in [0.25, 0.3) is 0 Å². The zero-order chi connectivity index (χ0) is 38.3. The minimum atomic E-state index is -1.55. The van der Waals surface area contributed by atoms with Gasteiger partial charge in [-0.3, -0.25) is 24.0 Å². The predicted octanol–water partition coefficient (Wildman–Crippen LogP) is 3.70. The van der Waals surface area contributed by atoms with Gasteiger partial charge in [0, 0.05) is 19.3 Å². The lowest BCUT2D eigenvalue weighted by molar-refractivity contribution is -0.157. The van der Waals surface area contributed by atoms with Crippen molar-refractivity contribution in [2.24, 2.45) is 0 Å². The predicted molar refractivity (Wildman–Crippen MR) is 180 cm³/mol. The molecule has 15 heteroatoms. The highest BCUT2D eigenvalue weighted by atomic mass is 16.6. The van der Waals surface area contributed by atoms with E-state index >= 15 is 0 Å². The zero-order valence-electron chi connectivity index (χ0n) is 30.5. The lowest BCUT2D eigenvalue weighted by Gasteiger charge is -2.25. The fourth-order valence-electron chi connectivity index (χ4n) is 4.21. The molecule has 15 nitrogen and oxygen atoms in total. The third-order valence-electron chi connectivity index (χ3n) is 6.24. The topological polar surface area (TPSA) is 213 Å². The van der Waals surface area contributed by atoms with Crippen LogP contribution in [0.1, 0.15) is 106 Å². The van der Waals surface area contributed by atoms with Crippen molar-refractivity contribution < 1.29 is 57.6 Å². The van der Waals surface area contributed by atoms with Crippen LogP contribution < -0.4 is 16.0 Å². The molecule has 1 aromatic rings. The summed E-state index contributed by atoms with van der Waals surface area (Å²) < 4.78 is 21.1. The van der Waals surface area contributed by atoms with Crippen LogP contribution >= 0.6 is 0 Å². The Kier molecular flexibility index (Phi) is 16.9. The van der Waals surface area contributed by atoms with E-state index < -0.39 is 76.7 Å². The molecule has 0 heterocycles. The van der Waals surface area contributed by atoms with Crippen LogP contribution in [-0.2, 0) is 54.3 Å². The lowest BCUT2D eigenvalue weighted by atomic mass is 10.1. The van der Waals surface area contributed by atoms with Crippen molar-refractivity contribution in [1.82, 2.24) is 16.0 Å². The Hall–Kier alpha value is -4.69. The molecule has 4 N–H and O–H groups in total. The molecule has 280 valence electrons. The van der Waals surface area contributed by atoms with Gasteiger partial charge in [0.05, 0.1) is 0 Å². The monoisotopic (exact) mass is 707 g/mol. The number of nitrogens with one attached hydrogen (secondary N) is 3. The highest BCUT2D eigenvalue weighted by Gasteiger charge is 2.32. The second kappa shape index (κ2) is 19.5. The quantitative estimate of drug-likeness (QED) is 0.135. The maximum absolute atomic E-state index is 13.6. The van der Waals surface area contributed by atoms with Gasteiger partial charge in [-0.25, -0.2) is 9.59 Å². The van der Waals surface area contributed by atoms with Crippen LogP contribution in [0.5, 0.6) is 0 Å². The first-order chi connectivity index (χ1) is 22.9. The number of aliphatic carboxylic acids is 1. The Labute approximate surface area is 293 Å². The molecule has 0 saturated heterocycles. The number of carbonyl (C=O) groups is 7. The van der Waals surface area contributed by atoms with Crippen molar-refractivity contribution in [2.75, 3.05) is 0 Å². The minimum Gasteiger partial charge on any atom is -0.480 e. The fourth-order valence-corrected chi connectivity index (χ4v) is 4.21. The number of amides is 3. The van der Waals surface area contributed by atoms with E-state index in [2.05, 4.69) is 16.0 Å². The van der Waals surface area contributed by atoms with Crippen LogP contribution in [0, 0.1) is 0 Å². The average molecular weight is 708 g/mol. The van der Waals surface area contributed by atoms with Crippen molar-refractivity contribution >= 4 is 41.8 Å². The number of hydrogen-bond donors (Lipinski definition) is 4. The van der Waals surface area contributed by atoms with Crippen LogP contribution in [0.4, 0.5) is 4.79 Å². The van der Waals surface area contributed by atoms with E-state index in [4.69, 9.17) is 18.9 Å². The van der Waals surface area contributed by atoms with Crippen molar-refractivity contribution in [3.05, 3.63) is 35.9 Å². The minimum absolute atomic E-state index is 0.117. The highest BCUT2D eigenvalue weighted by Crippen LogP contribution is 2.14. The molecule has 0 aromatic heterocycles. The van der Waals surface area contributed by atoms with Gasteiger partial charge in [0.2, 0.25) is 11.8 Å². The summed E-state index contributed by atoms with van der Waals surface area (Å²) in [5.41, 5.74) is -1.79. The van der Waals surface area contributed by atoms with E-state index in [-0.39, 0.29) is 45.1 Å². The van der Waals surface area contributed by atoms with Crippen molar-refractivity contribution in [1.29, 1.82) is 0 Å². The van der Waals surface area contributed by atoms with Crippen molar-refractivity contribution in [3.8, 4) is 0 Å². The molecule has 3 unspecified atom stereocenters. The molecular formula is C35H53N3O12. The van der Waals surface area contributed by atoms with Crippen LogP contribution in [0.15, 0.2) is 30.3 Å². The van der Waals surface area contributed by atoms with E-state index in [9.17, 15) is 38.7 Å². The van der Waals surface area contributed by atoms with Gasteiger partial charge in [0.15, 0.2) is 0 Å². The Balaban J connectivity index is 3.22. The van der Waals surface area contributed by atoms with Gasteiger partial charge in [-0.2, -0.15) is 0 Å². The summed E-state index contributed by atoms with van der Waals surface area (Å²) >= 11 is 0. The standard InChI is InChI=1S/C35H53N3O12/c1-33(2,3)48-26(39)18-15-23(29(42)37-25(31(44)45)17-20-28(41)50-35(7,8)9)36-30(43)24(16-19-27(40)49-34(4,5)6)38-32(46)47-21-22-13-11-10-12-14-22/h10-14,23-25H,15-21H2,1-9H3,(H,36,43)(H,37,42)(H,38,46)(H,44,45). The van der Waals surface area contributed by atoms with Crippen LogP contribution in [0.2, 0.25) is 0 Å². The number of carbonyl (C=O) groups excluding carboxylic acids is 6. The molecule has 0 aliphatic carbocycles. The van der Waals surface area contributed by atoms with Crippen LogP contribution in [-0.4, -0.2) is 81.8 Å². The fraction of sp³-hybridized carbons (Fsp3) is 0.629. The van der Waals surface area contributed by atoms with Crippen molar-refractivity contribution in [3.63, 3.8) is 0 Å². The van der Waals surface area contributed by atoms with Gasteiger partial charge in [-0.05, 0) is 87.1 Å². The maximum Gasteiger partial charge on any atom is 0.408 e. The molecule has 0 aliphatic rings. The third-order valence-corrected chi connectivity index (χ3v) is 6.24. The summed E-state index contributed by atoms with van der Waals surface area (Å²) in [6.45, 7) is 14.8. The van der Waals surface area contributed by atoms with E-state index in [0.717, 1.165) is 0 Å². The third kappa shape index (κ3) is 20.0. The molecule has 0 aliphatic heterocycles. The summed E-state index contributed by atoms with van der Waals surface area (Å²) in [5, 5.41) is 16.9. The number of ether oxygens (including phenoxy) is 4. The average Bonchev–Trinajstić information content (AvgIpc) is 2.95. The normalized spacial score (nSPS) is 13.5. The molecule has 0 fully saturated rings. The Morgan fingerprint density at radius 2 is 0.940 bits per heavy atom. The summed E-state index contributed by atoms with van der Waals surface area (Å²) in [5.74, 6) is -5.36. The van der Waals surface area contributed by atoms with E-state index in [1.807, 2.05) is 0 Å². The molecule has 50 heavy (non-hydrogen) atoms. The Morgan fingerprint density at radius 1 is 0.580 bits per heavy atom. The van der Waals surface area contributed by atoms with Gasteiger partial charge in [0.1, 0.15) is 41.5 Å². The lowest BCUT2D eigenvalue weighted by Crippen LogP contribution is -2.56. The van der Waals surface area contributed by atoms with Crippen molar-refractivity contribution in [2.45, 2.75) is 142 Å². The summed E-state index contributed by atoms with van der Waals surface area (Å²) in [7, 11) is 0. The molecule has 1 aromatic carbocycles. The van der Waals surface area contributed by atoms with Gasteiger partial charge in [-0.1, -0.05) is 30.3 Å². The molecule has 0 radical (unpaired) electrons. The number of hydrogen-bond acceptors (Lipinski definition) is 11. The van der Waals surface area contributed by atoms with E-state index in [1.54, 1.807) is 92.6 Å². The number of carboxylic acid groups (broad SMARTS) is 1. The first-order valence-electron chi connectivity index (χ1n) is 16.4. The smallest absolute Gasteiger partial charge is 0.408 e. The number of carboxylic acids is 1. The van der Waals surface area contributed by atoms with E-state index in [0.29, 0.717) is 5.56 Å². The van der Waals surface area contributed by atoms with Gasteiger partial charge < -0.3 is 40.0 Å². The molecule has 3 amide bonds. The number of benzene rings is 1. The molecule has 1 rings (SSSR count). The summed E-state index contributed by atoms with van der Waals surface area (Å²) in [6.07, 6.45) is -2.85. The highest BCUT2D eigenvalue weighted by molar-refractivity contribution is 5.93. The van der Waals surface area contributed by atoms with Gasteiger partial charge in [-0.15, -0.1) is 0 Å². The molecule has 3 atom stereocenters. The number of rotatable bonds is 17. The van der Waals surface area contributed by atoms with E-state index in [1.165, 1.54) is 0 Å². The number of alkyl carbamates (subject to hydrolysis) is 1. The molecular weight excluding hydrogens is 654 g/mol. The van der Waals surface area contributed by atoms with Crippen LogP contribution in [0.3, 0.4) is 0 Å². The first-order valence-corrected chi connectivity index (χ1v) is 16.4. The largest absolute Gasteiger partial charge is 0.480 e. The maximum atomic E-state index is 13.6. The zero-order valence-corrected chi connectivity index (χ0v) is 30.5. The second-order valence-electron chi connectivity index (χ2n) is 14.6. The van der Waals surface area contributed by atoms with Crippen LogP contribution in [0.25, 0.3) is 0 Å².